The SMILES string of the molecule is CCS(=O)(=O)c1ccc(CC(=O)Nc2nc3c(s2)CN(C(=O)Cc2ccccc2)C3C(C)C)cc1. The second-order valence-electron chi connectivity index (χ2n) is 8.97. The number of aromatic nitrogens is 1. The molecule has 1 N–H and O–H groups in total. The van der Waals surface area contributed by atoms with Crippen molar-refractivity contribution < 1.29 is 18.0 Å². The molecule has 9 heteroatoms. The summed E-state index contributed by atoms with van der Waals surface area (Å²) in [5.41, 5.74) is 2.56. The van der Waals surface area contributed by atoms with Gasteiger partial charge in [0.25, 0.3) is 0 Å². The summed E-state index contributed by atoms with van der Waals surface area (Å²) in [4.78, 5) is 33.5. The van der Waals surface area contributed by atoms with E-state index in [0.717, 1.165) is 21.7 Å². The van der Waals surface area contributed by atoms with Gasteiger partial charge < -0.3 is 10.2 Å². The summed E-state index contributed by atoms with van der Waals surface area (Å²) in [7, 11) is -3.27. The Bertz CT molecular complexity index is 1320. The molecule has 4 rings (SSSR count). The van der Waals surface area contributed by atoms with E-state index in [9.17, 15) is 18.0 Å². The second kappa shape index (κ2) is 10.3. The molecular formula is C26H29N3O4S2. The van der Waals surface area contributed by atoms with Crippen molar-refractivity contribution in [3.05, 3.63) is 76.3 Å². The molecule has 184 valence electrons. The van der Waals surface area contributed by atoms with Crippen LogP contribution < -0.4 is 5.32 Å². The number of rotatable bonds is 8. The summed E-state index contributed by atoms with van der Waals surface area (Å²) in [6.07, 6.45) is 0.465. The minimum absolute atomic E-state index is 0.0359. The predicted molar refractivity (Wildman–Crippen MR) is 137 cm³/mol. The molecule has 2 heterocycles. The molecule has 0 spiro atoms. The van der Waals surface area contributed by atoms with Crippen LogP contribution >= 0.6 is 11.3 Å². The van der Waals surface area contributed by atoms with E-state index >= 15 is 0 Å². The van der Waals surface area contributed by atoms with Crippen LogP contribution in [-0.2, 0) is 38.8 Å². The van der Waals surface area contributed by atoms with Crippen molar-refractivity contribution in [3.63, 3.8) is 0 Å². The molecule has 1 unspecified atom stereocenters. The minimum atomic E-state index is -3.27. The zero-order valence-corrected chi connectivity index (χ0v) is 21.7. The molecule has 35 heavy (non-hydrogen) atoms. The van der Waals surface area contributed by atoms with Crippen LogP contribution in [-0.4, -0.2) is 35.9 Å². The zero-order chi connectivity index (χ0) is 25.2. The van der Waals surface area contributed by atoms with Crippen LogP contribution in [0.4, 0.5) is 5.13 Å². The molecule has 0 bridgehead atoms. The average Bonchev–Trinajstić information content (AvgIpc) is 3.37. The maximum Gasteiger partial charge on any atom is 0.230 e. The van der Waals surface area contributed by atoms with Crippen LogP contribution in [0.2, 0.25) is 0 Å². The van der Waals surface area contributed by atoms with Crippen molar-refractivity contribution in [2.45, 2.75) is 51.1 Å². The Labute approximate surface area is 210 Å². The summed E-state index contributed by atoms with van der Waals surface area (Å²) < 4.78 is 23.9. The van der Waals surface area contributed by atoms with Gasteiger partial charge in [-0.2, -0.15) is 0 Å². The first-order valence-electron chi connectivity index (χ1n) is 11.6. The molecule has 2 amide bonds. The fourth-order valence-electron chi connectivity index (χ4n) is 4.28. The highest BCUT2D eigenvalue weighted by Crippen LogP contribution is 2.42. The van der Waals surface area contributed by atoms with E-state index < -0.39 is 9.84 Å². The van der Waals surface area contributed by atoms with Gasteiger partial charge in [0.2, 0.25) is 11.8 Å². The number of hydrogen-bond donors (Lipinski definition) is 1. The van der Waals surface area contributed by atoms with E-state index in [1.165, 1.54) is 23.5 Å². The number of carbonyl (C=O) groups is 2. The van der Waals surface area contributed by atoms with Crippen molar-refractivity contribution in [2.75, 3.05) is 11.1 Å². The monoisotopic (exact) mass is 511 g/mol. The largest absolute Gasteiger partial charge is 0.328 e. The van der Waals surface area contributed by atoms with Crippen molar-refractivity contribution >= 4 is 38.1 Å². The van der Waals surface area contributed by atoms with Crippen LogP contribution in [0, 0.1) is 5.92 Å². The lowest BCUT2D eigenvalue weighted by molar-refractivity contribution is -0.133. The van der Waals surface area contributed by atoms with Gasteiger partial charge in [0.15, 0.2) is 15.0 Å². The van der Waals surface area contributed by atoms with Crippen molar-refractivity contribution in [2.24, 2.45) is 5.92 Å². The topological polar surface area (TPSA) is 96.4 Å². The van der Waals surface area contributed by atoms with Gasteiger partial charge >= 0.3 is 0 Å². The molecule has 1 aliphatic heterocycles. The van der Waals surface area contributed by atoms with Crippen LogP contribution in [0.15, 0.2) is 59.5 Å². The first kappa shape index (κ1) is 25.1. The minimum Gasteiger partial charge on any atom is -0.328 e. The standard InChI is InChI=1S/C26H29N3O4S2/c1-4-35(32,33)20-12-10-19(11-13-20)14-22(30)27-26-28-24-21(34-26)16-29(25(24)17(2)3)23(31)15-18-8-6-5-7-9-18/h5-13,17,25H,4,14-16H2,1-3H3,(H,27,28,30). The molecule has 0 radical (unpaired) electrons. The lowest BCUT2D eigenvalue weighted by Gasteiger charge is -2.28. The van der Waals surface area contributed by atoms with Crippen LogP contribution in [0.25, 0.3) is 0 Å². The second-order valence-corrected chi connectivity index (χ2v) is 12.3. The number of sulfone groups is 1. The molecule has 3 aromatic rings. The average molecular weight is 512 g/mol. The number of nitrogens with zero attached hydrogens (tertiary/aromatic N) is 2. The third-order valence-corrected chi connectivity index (χ3v) is 8.80. The van der Waals surface area contributed by atoms with E-state index in [1.54, 1.807) is 19.1 Å². The molecule has 0 aliphatic carbocycles. The molecule has 1 aromatic heterocycles. The summed E-state index contributed by atoms with van der Waals surface area (Å²) >= 11 is 1.40. The van der Waals surface area contributed by atoms with E-state index in [0.29, 0.717) is 18.1 Å². The number of nitrogens with one attached hydrogen (secondary N) is 1. The fourth-order valence-corrected chi connectivity index (χ4v) is 6.18. The van der Waals surface area contributed by atoms with Gasteiger partial charge in [-0.15, -0.1) is 0 Å². The Morgan fingerprint density at radius 3 is 2.34 bits per heavy atom. The number of hydrogen-bond acceptors (Lipinski definition) is 6. The highest BCUT2D eigenvalue weighted by molar-refractivity contribution is 7.91. The van der Waals surface area contributed by atoms with Crippen molar-refractivity contribution in [3.8, 4) is 0 Å². The smallest absolute Gasteiger partial charge is 0.230 e. The third kappa shape index (κ3) is 5.62. The number of anilines is 1. The molecule has 0 fully saturated rings. The highest BCUT2D eigenvalue weighted by atomic mass is 32.2. The van der Waals surface area contributed by atoms with Gasteiger partial charge in [0.05, 0.1) is 46.6 Å². The molecule has 0 saturated carbocycles. The maximum absolute atomic E-state index is 13.1. The molecule has 7 nitrogen and oxygen atoms in total. The van der Waals surface area contributed by atoms with Gasteiger partial charge in [0.1, 0.15) is 0 Å². The third-order valence-electron chi connectivity index (χ3n) is 6.08. The quantitative estimate of drug-likeness (QED) is 0.484. The highest BCUT2D eigenvalue weighted by Gasteiger charge is 2.38. The van der Waals surface area contributed by atoms with E-state index in [2.05, 4.69) is 24.1 Å². The van der Waals surface area contributed by atoms with Crippen molar-refractivity contribution in [1.82, 2.24) is 9.88 Å². The number of carbonyl (C=O) groups excluding carboxylic acids is 2. The van der Waals surface area contributed by atoms with E-state index in [-0.39, 0.29) is 40.8 Å². The normalized spacial score (nSPS) is 15.3. The van der Waals surface area contributed by atoms with Gasteiger partial charge in [-0.25, -0.2) is 13.4 Å². The molecule has 2 aromatic carbocycles. The number of fused-ring (bicyclic) bond motifs is 1. The molecule has 1 aliphatic rings. The van der Waals surface area contributed by atoms with Crippen molar-refractivity contribution in [1.29, 1.82) is 0 Å². The predicted octanol–water partition coefficient (Wildman–Crippen LogP) is 4.40. The van der Waals surface area contributed by atoms with Crippen LogP contribution in [0.5, 0.6) is 0 Å². The first-order chi connectivity index (χ1) is 16.7. The van der Waals surface area contributed by atoms with Gasteiger partial charge in [-0.3, -0.25) is 9.59 Å². The molecule has 1 atom stereocenters. The Balaban J connectivity index is 1.42. The Kier molecular flexibility index (Phi) is 7.37. The molecule has 0 saturated heterocycles. The Morgan fingerprint density at radius 1 is 1.06 bits per heavy atom. The summed E-state index contributed by atoms with van der Waals surface area (Å²) in [5.74, 6) is 0.0640. The zero-order valence-electron chi connectivity index (χ0n) is 20.0. The maximum atomic E-state index is 13.1. The number of benzene rings is 2. The van der Waals surface area contributed by atoms with E-state index in [1.807, 2.05) is 35.2 Å². The summed E-state index contributed by atoms with van der Waals surface area (Å²) in [5, 5.41) is 3.39. The summed E-state index contributed by atoms with van der Waals surface area (Å²) in [6, 6.07) is 16.0. The van der Waals surface area contributed by atoms with Gasteiger partial charge in [-0.05, 0) is 29.2 Å². The first-order valence-corrected chi connectivity index (χ1v) is 14.1. The van der Waals surface area contributed by atoms with Gasteiger partial charge in [-0.1, -0.05) is 74.6 Å². The lowest BCUT2D eigenvalue weighted by atomic mass is 10.0. The Morgan fingerprint density at radius 2 is 1.71 bits per heavy atom. The van der Waals surface area contributed by atoms with Crippen LogP contribution in [0.3, 0.4) is 0 Å². The number of thiazole rings is 1. The lowest BCUT2D eigenvalue weighted by Crippen LogP contribution is -2.33. The fraction of sp³-hybridized carbons (Fsp3) is 0.346. The Hall–Kier alpha value is -3.04. The van der Waals surface area contributed by atoms with E-state index in [4.69, 9.17) is 0 Å². The van der Waals surface area contributed by atoms with Crippen LogP contribution in [0.1, 0.15) is 48.5 Å². The summed E-state index contributed by atoms with van der Waals surface area (Å²) in [6.45, 7) is 6.24. The molecular weight excluding hydrogens is 482 g/mol. The van der Waals surface area contributed by atoms with Gasteiger partial charge in [0, 0.05) is 0 Å². The number of amides is 2.